The molecular formula is C17H30Si. The third-order valence-electron chi connectivity index (χ3n) is 4.33. The smallest absolute Gasteiger partial charge is 0.0675 e. The molecule has 102 valence electrons. The third-order valence-corrected chi connectivity index (χ3v) is 9.08. The summed E-state index contributed by atoms with van der Waals surface area (Å²) in [6, 6.07) is 14.1. The maximum absolute atomic E-state index is 2.56. The first-order valence-electron chi connectivity index (χ1n) is 7.78. The summed E-state index contributed by atoms with van der Waals surface area (Å²) >= 11 is 0. The summed E-state index contributed by atoms with van der Waals surface area (Å²) in [7, 11) is -1.17. The van der Waals surface area contributed by atoms with Gasteiger partial charge in [-0.15, -0.1) is 0 Å². The minimum absolute atomic E-state index is 1.17. The van der Waals surface area contributed by atoms with Gasteiger partial charge in [-0.3, -0.25) is 0 Å². The Morgan fingerprint density at radius 3 is 2.06 bits per heavy atom. The van der Waals surface area contributed by atoms with E-state index in [0.29, 0.717) is 0 Å². The molecule has 1 unspecified atom stereocenters. The number of rotatable bonds is 9. The van der Waals surface area contributed by atoms with E-state index in [1.165, 1.54) is 50.6 Å². The maximum atomic E-state index is 2.56. The van der Waals surface area contributed by atoms with Gasteiger partial charge in [0.05, 0.1) is 8.07 Å². The van der Waals surface area contributed by atoms with Crippen LogP contribution in [0.15, 0.2) is 30.3 Å². The SMILES string of the molecule is CCCCCCCC[Si](C)(CC)c1ccccc1. The summed E-state index contributed by atoms with van der Waals surface area (Å²) < 4.78 is 0. The minimum Gasteiger partial charge on any atom is -0.0675 e. The largest absolute Gasteiger partial charge is 0.0834 e. The van der Waals surface area contributed by atoms with E-state index in [2.05, 4.69) is 50.7 Å². The zero-order valence-corrected chi connectivity index (χ0v) is 13.5. The molecule has 0 aromatic heterocycles. The first-order chi connectivity index (χ1) is 8.73. The van der Waals surface area contributed by atoms with Crippen molar-refractivity contribution in [1.82, 2.24) is 0 Å². The van der Waals surface area contributed by atoms with Gasteiger partial charge in [0.15, 0.2) is 0 Å². The average Bonchev–Trinajstić information content (AvgIpc) is 2.43. The quantitative estimate of drug-likeness (QED) is 0.415. The molecule has 0 aliphatic carbocycles. The van der Waals surface area contributed by atoms with Gasteiger partial charge < -0.3 is 0 Å². The molecule has 0 bridgehead atoms. The van der Waals surface area contributed by atoms with Crippen molar-refractivity contribution in [2.75, 3.05) is 0 Å². The summed E-state index contributed by atoms with van der Waals surface area (Å²) in [5.41, 5.74) is 0. The van der Waals surface area contributed by atoms with Crippen LogP contribution in [0.5, 0.6) is 0 Å². The highest BCUT2D eigenvalue weighted by molar-refractivity contribution is 6.90. The van der Waals surface area contributed by atoms with E-state index in [1.54, 1.807) is 5.19 Å². The van der Waals surface area contributed by atoms with Gasteiger partial charge >= 0.3 is 0 Å². The Kier molecular flexibility index (Phi) is 7.34. The molecule has 0 heterocycles. The Hall–Kier alpha value is -0.563. The molecule has 0 saturated carbocycles. The van der Waals surface area contributed by atoms with Gasteiger partial charge in [0.25, 0.3) is 0 Å². The molecule has 1 aromatic rings. The Balaban J connectivity index is 2.37. The van der Waals surface area contributed by atoms with Crippen LogP contribution in [0.4, 0.5) is 0 Å². The molecule has 0 aliphatic rings. The normalized spacial score (nSPS) is 14.4. The minimum atomic E-state index is -1.17. The van der Waals surface area contributed by atoms with Gasteiger partial charge in [0, 0.05) is 0 Å². The van der Waals surface area contributed by atoms with Crippen molar-refractivity contribution in [3.8, 4) is 0 Å². The summed E-state index contributed by atoms with van der Waals surface area (Å²) in [6.45, 7) is 7.24. The van der Waals surface area contributed by atoms with Gasteiger partial charge in [-0.1, -0.05) is 107 Å². The van der Waals surface area contributed by atoms with E-state index in [0.717, 1.165) is 0 Å². The summed E-state index contributed by atoms with van der Waals surface area (Å²) in [6.07, 6.45) is 8.53. The number of hydrogen-bond acceptors (Lipinski definition) is 0. The molecule has 1 atom stereocenters. The van der Waals surface area contributed by atoms with Crippen LogP contribution >= 0.6 is 0 Å². The Morgan fingerprint density at radius 2 is 1.44 bits per heavy atom. The standard InChI is InChI=1S/C17H30Si/c1-4-6-7-8-9-13-16-18(3,5-2)17-14-11-10-12-15-17/h10-12,14-15H,4-9,13,16H2,1-3H3. The van der Waals surface area contributed by atoms with E-state index < -0.39 is 8.07 Å². The Bertz CT molecular complexity index is 307. The lowest BCUT2D eigenvalue weighted by Gasteiger charge is -2.26. The molecule has 1 aromatic carbocycles. The summed E-state index contributed by atoms with van der Waals surface area (Å²) in [5, 5.41) is 1.65. The lowest BCUT2D eigenvalue weighted by Crippen LogP contribution is -2.43. The fourth-order valence-corrected chi connectivity index (χ4v) is 5.74. The molecule has 0 saturated heterocycles. The van der Waals surface area contributed by atoms with Gasteiger partial charge in [-0.05, 0) is 0 Å². The van der Waals surface area contributed by atoms with Crippen molar-refractivity contribution < 1.29 is 0 Å². The second-order valence-corrected chi connectivity index (χ2v) is 10.7. The van der Waals surface area contributed by atoms with Crippen LogP contribution in [0.3, 0.4) is 0 Å². The fourth-order valence-electron chi connectivity index (χ4n) is 2.66. The zero-order chi connectivity index (χ0) is 13.3. The monoisotopic (exact) mass is 262 g/mol. The highest BCUT2D eigenvalue weighted by Crippen LogP contribution is 2.20. The molecule has 0 amide bonds. The molecule has 1 heteroatoms. The molecule has 0 N–H and O–H groups in total. The van der Waals surface area contributed by atoms with Crippen LogP contribution in [0.1, 0.15) is 52.4 Å². The van der Waals surface area contributed by atoms with Crippen molar-refractivity contribution in [2.45, 2.75) is 71.0 Å². The van der Waals surface area contributed by atoms with Crippen LogP contribution < -0.4 is 5.19 Å². The fraction of sp³-hybridized carbons (Fsp3) is 0.647. The van der Waals surface area contributed by atoms with Crippen LogP contribution in [0.25, 0.3) is 0 Å². The first-order valence-corrected chi connectivity index (χ1v) is 10.7. The highest BCUT2D eigenvalue weighted by Gasteiger charge is 2.26. The molecule has 1 rings (SSSR count). The second-order valence-electron chi connectivity index (χ2n) is 5.80. The highest BCUT2D eigenvalue weighted by atomic mass is 28.3. The van der Waals surface area contributed by atoms with Crippen molar-refractivity contribution in [3.05, 3.63) is 30.3 Å². The van der Waals surface area contributed by atoms with E-state index >= 15 is 0 Å². The van der Waals surface area contributed by atoms with Crippen molar-refractivity contribution in [2.24, 2.45) is 0 Å². The van der Waals surface area contributed by atoms with Crippen LogP contribution in [0, 0.1) is 0 Å². The molecule has 0 radical (unpaired) electrons. The van der Waals surface area contributed by atoms with E-state index in [4.69, 9.17) is 0 Å². The lowest BCUT2D eigenvalue weighted by molar-refractivity contribution is 0.622. The molecule has 0 nitrogen and oxygen atoms in total. The molecule has 0 aliphatic heterocycles. The van der Waals surface area contributed by atoms with Crippen molar-refractivity contribution >= 4 is 13.3 Å². The molecular weight excluding hydrogens is 232 g/mol. The lowest BCUT2D eigenvalue weighted by atomic mass is 10.1. The van der Waals surface area contributed by atoms with Gasteiger partial charge in [0.1, 0.15) is 0 Å². The molecule has 18 heavy (non-hydrogen) atoms. The summed E-state index contributed by atoms with van der Waals surface area (Å²) in [5.74, 6) is 0. The van der Waals surface area contributed by atoms with Crippen LogP contribution in [-0.2, 0) is 0 Å². The van der Waals surface area contributed by atoms with Crippen LogP contribution in [-0.4, -0.2) is 8.07 Å². The predicted octanol–water partition coefficient (Wildman–Crippen LogP) is 5.35. The topological polar surface area (TPSA) is 0 Å². The number of benzene rings is 1. The van der Waals surface area contributed by atoms with Gasteiger partial charge in [0.2, 0.25) is 0 Å². The molecule has 0 spiro atoms. The number of hydrogen-bond donors (Lipinski definition) is 0. The maximum Gasteiger partial charge on any atom is 0.0834 e. The van der Waals surface area contributed by atoms with Crippen molar-refractivity contribution in [1.29, 1.82) is 0 Å². The van der Waals surface area contributed by atoms with Gasteiger partial charge in [-0.2, -0.15) is 0 Å². The van der Waals surface area contributed by atoms with E-state index in [9.17, 15) is 0 Å². The number of unbranched alkanes of at least 4 members (excludes halogenated alkanes) is 5. The Morgan fingerprint density at radius 1 is 0.833 bits per heavy atom. The van der Waals surface area contributed by atoms with E-state index in [-0.39, 0.29) is 0 Å². The Labute approximate surface area is 115 Å². The molecule has 0 fully saturated rings. The average molecular weight is 263 g/mol. The van der Waals surface area contributed by atoms with E-state index in [1.807, 2.05) is 0 Å². The first kappa shape index (κ1) is 15.5. The van der Waals surface area contributed by atoms with Crippen LogP contribution in [0.2, 0.25) is 18.6 Å². The van der Waals surface area contributed by atoms with Crippen molar-refractivity contribution in [3.63, 3.8) is 0 Å². The second kappa shape index (κ2) is 8.52. The third kappa shape index (κ3) is 4.97. The predicted molar refractivity (Wildman–Crippen MR) is 86.4 cm³/mol. The zero-order valence-electron chi connectivity index (χ0n) is 12.5. The van der Waals surface area contributed by atoms with Gasteiger partial charge in [-0.25, -0.2) is 0 Å². The summed E-state index contributed by atoms with van der Waals surface area (Å²) in [4.78, 5) is 0.